The Balaban J connectivity index is 2.06. The first kappa shape index (κ1) is 13.1. The van der Waals surface area contributed by atoms with Gasteiger partial charge < -0.3 is 10.4 Å². The van der Waals surface area contributed by atoms with Crippen LogP contribution in [0.25, 0.3) is 10.8 Å². The predicted octanol–water partition coefficient (Wildman–Crippen LogP) is 3.26. The summed E-state index contributed by atoms with van der Waals surface area (Å²) in [5, 5.41) is 15.2. The summed E-state index contributed by atoms with van der Waals surface area (Å²) in [6, 6.07) is 15.3. The fraction of sp³-hybridized carbons (Fsp3) is 0.375. The molecule has 2 atom stereocenters. The molecule has 2 heteroatoms. The van der Waals surface area contributed by atoms with E-state index in [4.69, 9.17) is 0 Å². The SMILES string of the molecule is CC(O)CCNC(C)c1ccc2ccccc2c1. The van der Waals surface area contributed by atoms with Crippen molar-refractivity contribution >= 4 is 10.8 Å². The van der Waals surface area contributed by atoms with E-state index in [0.29, 0.717) is 6.04 Å². The van der Waals surface area contributed by atoms with Gasteiger partial charge in [0, 0.05) is 6.04 Å². The van der Waals surface area contributed by atoms with Gasteiger partial charge >= 0.3 is 0 Å². The normalized spacial score (nSPS) is 14.6. The molecule has 2 aromatic rings. The lowest BCUT2D eigenvalue weighted by Crippen LogP contribution is -2.22. The highest BCUT2D eigenvalue weighted by Gasteiger charge is 2.05. The van der Waals surface area contributed by atoms with Crippen molar-refractivity contribution in [1.82, 2.24) is 5.32 Å². The molecule has 2 nitrogen and oxygen atoms in total. The number of benzene rings is 2. The van der Waals surface area contributed by atoms with Crippen molar-refractivity contribution in [2.24, 2.45) is 0 Å². The van der Waals surface area contributed by atoms with Crippen LogP contribution in [0.2, 0.25) is 0 Å². The predicted molar refractivity (Wildman–Crippen MR) is 76.7 cm³/mol. The molecule has 0 aliphatic heterocycles. The standard InChI is InChI=1S/C16H21NO/c1-12(18)9-10-17-13(2)15-8-7-14-5-3-4-6-16(14)11-15/h3-8,11-13,17-18H,9-10H2,1-2H3. The molecule has 0 saturated heterocycles. The third-order valence-electron chi connectivity index (χ3n) is 3.29. The Morgan fingerprint density at radius 2 is 1.78 bits per heavy atom. The molecule has 0 radical (unpaired) electrons. The summed E-state index contributed by atoms with van der Waals surface area (Å²) in [6.07, 6.45) is 0.555. The minimum absolute atomic E-state index is 0.235. The van der Waals surface area contributed by atoms with Gasteiger partial charge in [0.05, 0.1) is 6.10 Å². The van der Waals surface area contributed by atoms with E-state index in [2.05, 4.69) is 54.7 Å². The van der Waals surface area contributed by atoms with Crippen LogP contribution in [0.3, 0.4) is 0 Å². The second kappa shape index (κ2) is 5.98. The highest BCUT2D eigenvalue weighted by molar-refractivity contribution is 5.83. The molecule has 2 rings (SSSR count). The third-order valence-corrected chi connectivity index (χ3v) is 3.29. The van der Waals surface area contributed by atoms with Crippen molar-refractivity contribution in [3.8, 4) is 0 Å². The molecule has 0 saturated carbocycles. The molecule has 0 amide bonds. The number of hydrogen-bond donors (Lipinski definition) is 2. The van der Waals surface area contributed by atoms with Gasteiger partial charge in [-0.15, -0.1) is 0 Å². The smallest absolute Gasteiger partial charge is 0.0524 e. The van der Waals surface area contributed by atoms with Gasteiger partial charge in [0.25, 0.3) is 0 Å². The fourth-order valence-corrected chi connectivity index (χ4v) is 2.10. The largest absolute Gasteiger partial charge is 0.393 e. The lowest BCUT2D eigenvalue weighted by Gasteiger charge is -2.15. The Kier molecular flexibility index (Phi) is 4.34. The van der Waals surface area contributed by atoms with Crippen LogP contribution in [0.15, 0.2) is 42.5 Å². The first-order chi connectivity index (χ1) is 8.66. The Morgan fingerprint density at radius 3 is 2.50 bits per heavy atom. The van der Waals surface area contributed by atoms with Crippen molar-refractivity contribution < 1.29 is 5.11 Å². The summed E-state index contributed by atoms with van der Waals surface area (Å²) in [5.41, 5.74) is 1.29. The van der Waals surface area contributed by atoms with Crippen LogP contribution in [0, 0.1) is 0 Å². The van der Waals surface area contributed by atoms with E-state index in [-0.39, 0.29) is 6.10 Å². The molecule has 0 aliphatic rings. The fourth-order valence-electron chi connectivity index (χ4n) is 2.10. The lowest BCUT2D eigenvalue weighted by atomic mass is 10.0. The number of hydrogen-bond acceptors (Lipinski definition) is 2. The van der Waals surface area contributed by atoms with E-state index in [0.717, 1.165) is 13.0 Å². The van der Waals surface area contributed by atoms with E-state index in [9.17, 15) is 5.11 Å². The van der Waals surface area contributed by atoms with Gasteiger partial charge in [-0.2, -0.15) is 0 Å². The highest BCUT2D eigenvalue weighted by atomic mass is 16.3. The Morgan fingerprint density at radius 1 is 1.06 bits per heavy atom. The summed E-state index contributed by atoms with van der Waals surface area (Å²) in [6.45, 7) is 4.82. The zero-order chi connectivity index (χ0) is 13.0. The van der Waals surface area contributed by atoms with E-state index >= 15 is 0 Å². The van der Waals surface area contributed by atoms with Gasteiger partial charge in [-0.3, -0.25) is 0 Å². The van der Waals surface area contributed by atoms with Crippen molar-refractivity contribution in [3.05, 3.63) is 48.0 Å². The summed E-state index contributed by atoms with van der Waals surface area (Å²) in [7, 11) is 0. The molecule has 96 valence electrons. The topological polar surface area (TPSA) is 32.3 Å². The van der Waals surface area contributed by atoms with Crippen LogP contribution < -0.4 is 5.32 Å². The number of nitrogens with one attached hydrogen (secondary N) is 1. The molecule has 2 aromatic carbocycles. The number of aliphatic hydroxyl groups is 1. The second-order valence-corrected chi connectivity index (χ2v) is 4.92. The van der Waals surface area contributed by atoms with Crippen molar-refractivity contribution in [3.63, 3.8) is 0 Å². The minimum atomic E-state index is -0.235. The van der Waals surface area contributed by atoms with Crippen molar-refractivity contribution in [2.45, 2.75) is 32.4 Å². The van der Waals surface area contributed by atoms with Gasteiger partial charge in [-0.25, -0.2) is 0 Å². The molecular formula is C16H21NO. The Hall–Kier alpha value is -1.38. The number of fused-ring (bicyclic) bond motifs is 1. The molecule has 0 heterocycles. The maximum atomic E-state index is 9.24. The third kappa shape index (κ3) is 3.31. The monoisotopic (exact) mass is 243 g/mol. The maximum Gasteiger partial charge on any atom is 0.0524 e. The van der Waals surface area contributed by atoms with Crippen LogP contribution in [-0.4, -0.2) is 17.8 Å². The zero-order valence-corrected chi connectivity index (χ0v) is 11.1. The van der Waals surface area contributed by atoms with Crippen LogP contribution in [-0.2, 0) is 0 Å². The Bertz CT molecular complexity index is 507. The van der Waals surface area contributed by atoms with Gasteiger partial charge in [0.1, 0.15) is 0 Å². The van der Waals surface area contributed by atoms with Gasteiger partial charge in [0.15, 0.2) is 0 Å². The van der Waals surface area contributed by atoms with Gasteiger partial charge in [-0.05, 0) is 49.2 Å². The molecule has 18 heavy (non-hydrogen) atoms. The average molecular weight is 243 g/mol. The summed E-state index contributed by atoms with van der Waals surface area (Å²) in [5.74, 6) is 0. The van der Waals surface area contributed by atoms with E-state index in [1.807, 2.05) is 6.92 Å². The second-order valence-electron chi connectivity index (χ2n) is 4.92. The summed E-state index contributed by atoms with van der Waals surface area (Å²) < 4.78 is 0. The maximum absolute atomic E-state index is 9.24. The van der Waals surface area contributed by atoms with Crippen LogP contribution in [0.5, 0.6) is 0 Å². The first-order valence-electron chi connectivity index (χ1n) is 6.57. The molecule has 2 unspecified atom stereocenters. The molecule has 0 spiro atoms. The number of rotatable bonds is 5. The van der Waals surface area contributed by atoms with Gasteiger partial charge in [-0.1, -0.05) is 36.4 Å². The van der Waals surface area contributed by atoms with Crippen molar-refractivity contribution in [1.29, 1.82) is 0 Å². The quantitative estimate of drug-likeness (QED) is 0.844. The van der Waals surface area contributed by atoms with Crippen LogP contribution in [0.1, 0.15) is 31.9 Å². The van der Waals surface area contributed by atoms with Crippen LogP contribution >= 0.6 is 0 Å². The first-order valence-corrected chi connectivity index (χ1v) is 6.57. The van der Waals surface area contributed by atoms with E-state index in [1.165, 1.54) is 16.3 Å². The zero-order valence-electron chi connectivity index (χ0n) is 11.1. The Labute approximate surface area is 109 Å². The van der Waals surface area contributed by atoms with E-state index < -0.39 is 0 Å². The molecule has 2 N–H and O–H groups in total. The molecule has 0 fully saturated rings. The highest BCUT2D eigenvalue weighted by Crippen LogP contribution is 2.20. The molecular weight excluding hydrogens is 222 g/mol. The molecule has 0 bridgehead atoms. The number of aliphatic hydroxyl groups excluding tert-OH is 1. The summed E-state index contributed by atoms with van der Waals surface area (Å²) >= 11 is 0. The molecule has 0 aliphatic carbocycles. The average Bonchev–Trinajstić information content (AvgIpc) is 2.37. The summed E-state index contributed by atoms with van der Waals surface area (Å²) in [4.78, 5) is 0. The minimum Gasteiger partial charge on any atom is -0.393 e. The molecule has 0 aromatic heterocycles. The lowest BCUT2D eigenvalue weighted by molar-refractivity contribution is 0.182. The van der Waals surface area contributed by atoms with E-state index in [1.54, 1.807) is 0 Å². The van der Waals surface area contributed by atoms with Crippen LogP contribution in [0.4, 0.5) is 0 Å². The van der Waals surface area contributed by atoms with Gasteiger partial charge in [0.2, 0.25) is 0 Å². The van der Waals surface area contributed by atoms with Crippen molar-refractivity contribution in [2.75, 3.05) is 6.54 Å².